The van der Waals surface area contributed by atoms with Crippen molar-refractivity contribution in [2.75, 3.05) is 20.3 Å². The van der Waals surface area contributed by atoms with Crippen LogP contribution in [-0.2, 0) is 14.6 Å². The van der Waals surface area contributed by atoms with Gasteiger partial charge in [-0.3, -0.25) is 9.78 Å². The fourth-order valence-electron chi connectivity index (χ4n) is 3.22. The number of carbonyl (C=O) groups excluding carboxylic acids is 1. The largest absolute Gasteiger partial charge is 0.497 e. The van der Waals surface area contributed by atoms with Crippen molar-refractivity contribution >= 4 is 21.8 Å². The molecule has 0 fully saturated rings. The van der Waals surface area contributed by atoms with Crippen LogP contribution in [0.1, 0.15) is 29.7 Å². The normalized spacial score (nSPS) is 12.3. The molecule has 3 rings (SSSR count). The van der Waals surface area contributed by atoms with Crippen molar-refractivity contribution in [2.24, 2.45) is 0 Å². The highest BCUT2D eigenvalue weighted by Gasteiger charge is 2.29. The molecule has 1 aromatic heterocycles. The highest BCUT2D eigenvalue weighted by molar-refractivity contribution is 7.91. The van der Waals surface area contributed by atoms with Gasteiger partial charge in [0.15, 0.2) is 9.84 Å². The zero-order valence-corrected chi connectivity index (χ0v) is 20.0. The Kier molecular flexibility index (Phi) is 8.81. The number of benzene rings is 2. The molecule has 0 radical (unpaired) electrons. The number of carbonyl (C=O) groups is 1. The first-order chi connectivity index (χ1) is 16.4. The number of nitrogens with one attached hydrogen (secondary N) is 1. The molecule has 1 heterocycles. The van der Waals surface area contributed by atoms with Gasteiger partial charge in [0, 0.05) is 25.0 Å². The van der Waals surface area contributed by atoms with Crippen LogP contribution in [0.3, 0.4) is 0 Å². The molecule has 1 N–H and O–H groups in total. The fraction of sp³-hybridized carbons (Fsp3) is 0.231. The Balaban J connectivity index is 1.72. The van der Waals surface area contributed by atoms with E-state index in [4.69, 9.17) is 9.47 Å². The van der Waals surface area contributed by atoms with E-state index in [9.17, 15) is 13.2 Å². The molecule has 0 bridgehead atoms. The summed E-state index contributed by atoms with van der Waals surface area (Å²) in [6.45, 7) is 2.58. The topological polar surface area (TPSA) is 94.6 Å². The number of amides is 1. The van der Waals surface area contributed by atoms with Gasteiger partial charge in [-0.25, -0.2) is 8.42 Å². The minimum absolute atomic E-state index is 0.104. The summed E-state index contributed by atoms with van der Waals surface area (Å²) in [4.78, 5) is 16.6. The van der Waals surface area contributed by atoms with Crippen molar-refractivity contribution in [1.29, 1.82) is 0 Å². The number of nitrogens with zero attached hydrogens (tertiary/aromatic N) is 1. The van der Waals surface area contributed by atoms with Gasteiger partial charge >= 0.3 is 0 Å². The third-order valence-corrected chi connectivity index (χ3v) is 7.18. The van der Waals surface area contributed by atoms with Crippen molar-refractivity contribution in [3.63, 3.8) is 0 Å². The van der Waals surface area contributed by atoms with E-state index >= 15 is 0 Å². The zero-order valence-electron chi connectivity index (χ0n) is 19.2. The highest BCUT2D eigenvalue weighted by atomic mass is 32.2. The van der Waals surface area contributed by atoms with Crippen LogP contribution < -0.4 is 14.8 Å². The van der Waals surface area contributed by atoms with Crippen LogP contribution in [0.15, 0.2) is 84.0 Å². The second-order valence-electron chi connectivity index (χ2n) is 7.49. The van der Waals surface area contributed by atoms with Crippen LogP contribution in [0.25, 0.3) is 6.08 Å². The molecule has 1 atom stereocenters. The average Bonchev–Trinajstić information content (AvgIpc) is 2.87. The first-order valence-corrected chi connectivity index (χ1v) is 12.5. The van der Waals surface area contributed by atoms with Crippen LogP contribution in [0.2, 0.25) is 0 Å². The molecule has 0 saturated carbocycles. The molecule has 0 saturated heterocycles. The van der Waals surface area contributed by atoms with Gasteiger partial charge in [-0.2, -0.15) is 0 Å². The second-order valence-corrected chi connectivity index (χ2v) is 9.62. The molecule has 7 nitrogen and oxygen atoms in total. The predicted octanol–water partition coefficient (Wildman–Crippen LogP) is 4.22. The van der Waals surface area contributed by atoms with Crippen LogP contribution in [-0.4, -0.2) is 39.6 Å². The number of hydrogen-bond acceptors (Lipinski definition) is 6. The molecule has 0 spiro atoms. The van der Waals surface area contributed by atoms with Crippen molar-refractivity contribution in [3.8, 4) is 11.5 Å². The lowest BCUT2D eigenvalue weighted by Crippen LogP contribution is -2.31. The number of hydrogen-bond donors (Lipinski definition) is 1. The molecule has 3 aromatic rings. The number of rotatable bonds is 11. The quantitative estimate of drug-likeness (QED) is 0.413. The fourth-order valence-corrected chi connectivity index (χ4v) is 4.87. The van der Waals surface area contributed by atoms with Gasteiger partial charge in [-0.15, -0.1) is 0 Å². The van der Waals surface area contributed by atoms with Crippen LogP contribution in [0, 0.1) is 0 Å². The minimum atomic E-state index is -3.80. The molecule has 34 heavy (non-hydrogen) atoms. The maximum Gasteiger partial charge on any atom is 0.244 e. The first-order valence-electron chi connectivity index (χ1n) is 10.9. The summed E-state index contributed by atoms with van der Waals surface area (Å²) in [5.74, 6) is 0.928. The molecule has 178 valence electrons. The van der Waals surface area contributed by atoms with E-state index in [1.807, 2.05) is 31.2 Å². The lowest BCUT2D eigenvalue weighted by molar-refractivity contribution is -0.116. The molecule has 0 aliphatic rings. The Morgan fingerprint density at radius 2 is 1.76 bits per heavy atom. The third-order valence-electron chi connectivity index (χ3n) is 5.06. The number of pyridine rings is 1. The summed E-state index contributed by atoms with van der Waals surface area (Å²) in [6, 6.07) is 16.9. The van der Waals surface area contributed by atoms with E-state index in [1.165, 1.54) is 31.5 Å². The number of ether oxygens (including phenoxy) is 2. The number of aromatic nitrogens is 1. The lowest BCUT2D eigenvalue weighted by atomic mass is 10.2. The van der Waals surface area contributed by atoms with Gasteiger partial charge in [0.25, 0.3) is 0 Å². The van der Waals surface area contributed by atoms with Crippen LogP contribution in [0.4, 0.5) is 0 Å². The molecule has 2 aromatic carbocycles. The van der Waals surface area contributed by atoms with Crippen molar-refractivity contribution in [3.05, 3.63) is 90.3 Å². The Morgan fingerprint density at radius 3 is 2.38 bits per heavy atom. The molecule has 0 aliphatic heterocycles. The monoisotopic (exact) mass is 480 g/mol. The standard InChI is InChI=1S/C26H28N2O5S/c1-3-17-33-23-9-6-20(7-10-23)8-15-26(29)28-19-25(21-5-4-16-27-18-21)34(30,31)24-13-11-22(32-2)12-14-24/h4-16,18,25H,3,17,19H2,1-2H3,(H,28,29)/b15-8+. The van der Waals surface area contributed by atoms with E-state index < -0.39 is 21.0 Å². The Morgan fingerprint density at radius 1 is 1.06 bits per heavy atom. The van der Waals surface area contributed by atoms with E-state index in [0.29, 0.717) is 17.9 Å². The highest BCUT2D eigenvalue weighted by Crippen LogP contribution is 2.29. The summed E-state index contributed by atoms with van der Waals surface area (Å²) in [6.07, 6.45) is 7.03. The summed E-state index contributed by atoms with van der Waals surface area (Å²) >= 11 is 0. The molecule has 0 aliphatic carbocycles. The number of methoxy groups -OCH3 is 1. The van der Waals surface area contributed by atoms with Crippen molar-refractivity contribution < 1.29 is 22.7 Å². The zero-order chi connectivity index (χ0) is 24.4. The summed E-state index contributed by atoms with van der Waals surface area (Å²) in [5, 5.41) is 1.71. The van der Waals surface area contributed by atoms with Crippen LogP contribution in [0.5, 0.6) is 11.5 Å². The summed E-state index contributed by atoms with van der Waals surface area (Å²) in [7, 11) is -2.29. The van der Waals surface area contributed by atoms with Gasteiger partial charge in [-0.1, -0.05) is 25.1 Å². The molecular weight excluding hydrogens is 452 g/mol. The predicted molar refractivity (Wildman–Crippen MR) is 131 cm³/mol. The Bertz CT molecular complexity index is 1190. The third kappa shape index (κ3) is 6.68. The van der Waals surface area contributed by atoms with Gasteiger partial charge in [0.1, 0.15) is 16.7 Å². The Labute approximate surface area is 200 Å². The summed E-state index contributed by atoms with van der Waals surface area (Å²) in [5.41, 5.74) is 1.32. The SMILES string of the molecule is CCCOc1ccc(/C=C/C(=O)NCC(c2cccnc2)S(=O)(=O)c2ccc(OC)cc2)cc1. The van der Waals surface area contributed by atoms with Crippen molar-refractivity contribution in [2.45, 2.75) is 23.5 Å². The summed E-state index contributed by atoms with van der Waals surface area (Å²) < 4.78 is 37.4. The van der Waals surface area contributed by atoms with E-state index in [1.54, 1.807) is 36.5 Å². The van der Waals surface area contributed by atoms with Gasteiger partial charge in [0.05, 0.1) is 18.6 Å². The maximum atomic E-state index is 13.4. The average molecular weight is 481 g/mol. The smallest absolute Gasteiger partial charge is 0.244 e. The van der Waals surface area contributed by atoms with Gasteiger partial charge in [0.2, 0.25) is 5.91 Å². The van der Waals surface area contributed by atoms with E-state index in [-0.39, 0.29) is 11.4 Å². The molecule has 8 heteroatoms. The molecular formula is C26H28N2O5S. The minimum Gasteiger partial charge on any atom is -0.497 e. The maximum absolute atomic E-state index is 13.4. The van der Waals surface area contributed by atoms with Crippen LogP contribution >= 0.6 is 0 Å². The molecule has 1 unspecified atom stereocenters. The number of sulfone groups is 1. The van der Waals surface area contributed by atoms with E-state index in [2.05, 4.69) is 10.3 Å². The van der Waals surface area contributed by atoms with Crippen molar-refractivity contribution in [1.82, 2.24) is 10.3 Å². The van der Waals surface area contributed by atoms with Gasteiger partial charge < -0.3 is 14.8 Å². The lowest BCUT2D eigenvalue weighted by Gasteiger charge is -2.18. The Hall–Kier alpha value is -3.65. The second kappa shape index (κ2) is 12.0. The van der Waals surface area contributed by atoms with Gasteiger partial charge in [-0.05, 0) is 66.1 Å². The first kappa shape index (κ1) is 25.0. The van der Waals surface area contributed by atoms with E-state index in [0.717, 1.165) is 17.7 Å². The molecule has 1 amide bonds.